The summed E-state index contributed by atoms with van der Waals surface area (Å²) in [4.78, 5) is 23.4. The van der Waals surface area contributed by atoms with Crippen molar-refractivity contribution >= 4 is 46.8 Å². The summed E-state index contributed by atoms with van der Waals surface area (Å²) in [5.74, 6) is -1.58. The second-order valence-corrected chi connectivity index (χ2v) is 5.64. The van der Waals surface area contributed by atoms with Crippen LogP contribution in [0.5, 0.6) is 0 Å². The minimum atomic E-state index is -1.15. The van der Waals surface area contributed by atoms with Gasteiger partial charge in [-0.25, -0.2) is 4.79 Å². The number of carbonyl (C=O) groups is 2. The highest BCUT2D eigenvalue weighted by Gasteiger charge is 2.14. The van der Waals surface area contributed by atoms with Crippen molar-refractivity contribution < 1.29 is 14.7 Å². The van der Waals surface area contributed by atoms with Gasteiger partial charge in [-0.1, -0.05) is 41.4 Å². The number of amides is 1. The van der Waals surface area contributed by atoms with E-state index in [2.05, 4.69) is 5.32 Å². The molecule has 0 aliphatic carbocycles. The minimum absolute atomic E-state index is 0.0340. The molecule has 0 aliphatic rings. The number of halogens is 2. The predicted octanol–water partition coefficient (Wildman–Crippen LogP) is 4.73. The Labute approximate surface area is 143 Å². The van der Waals surface area contributed by atoms with E-state index in [0.717, 1.165) is 0 Å². The SMILES string of the molecule is CC(=Cc1ccccc1Cl)C(=O)Nc1cc(Cl)ccc1C(=O)O. The number of carboxylic acids is 1. The molecule has 6 heteroatoms. The fourth-order valence-electron chi connectivity index (χ4n) is 1.92. The Hall–Kier alpha value is -2.30. The van der Waals surface area contributed by atoms with Crippen LogP contribution in [0.3, 0.4) is 0 Å². The topological polar surface area (TPSA) is 66.4 Å². The highest BCUT2D eigenvalue weighted by atomic mass is 35.5. The lowest BCUT2D eigenvalue weighted by Crippen LogP contribution is -2.15. The smallest absolute Gasteiger partial charge is 0.337 e. The first-order valence-corrected chi connectivity index (χ1v) is 7.41. The van der Waals surface area contributed by atoms with Gasteiger partial charge in [-0.05, 0) is 42.8 Å². The van der Waals surface area contributed by atoms with Gasteiger partial charge >= 0.3 is 5.97 Å². The van der Waals surface area contributed by atoms with Crippen molar-refractivity contribution in [3.05, 3.63) is 69.2 Å². The molecule has 23 heavy (non-hydrogen) atoms. The van der Waals surface area contributed by atoms with Crippen LogP contribution >= 0.6 is 23.2 Å². The maximum absolute atomic E-state index is 12.3. The third-order valence-electron chi connectivity index (χ3n) is 3.10. The van der Waals surface area contributed by atoms with E-state index in [0.29, 0.717) is 21.2 Å². The van der Waals surface area contributed by atoms with Gasteiger partial charge in [0, 0.05) is 15.6 Å². The minimum Gasteiger partial charge on any atom is -0.478 e. The summed E-state index contributed by atoms with van der Waals surface area (Å²) in [6, 6.07) is 11.3. The molecule has 0 aromatic heterocycles. The van der Waals surface area contributed by atoms with Crippen LogP contribution in [-0.4, -0.2) is 17.0 Å². The number of carboxylic acid groups (broad SMARTS) is 1. The maximum atomic E-state index is 12.3. The fraction of sp³-hybridized carbons (Fsp3) is 0.0588. The predicted molar refractivity (Wildman–Crippen MR) is 92.1 cm³/mol. The lowest BCUT2D eigenvalue weighted by molar-refractivity contribution is -0.112. The van der Waals surface area contributed by atoms with Gasteiger partial charge in [-0.3, -0.25) is 4.79 Å². The second-order valence-electron chi connectivity index (χ2n) is 4.80. The number of carbonyl (C=O) groups excluding carboxylic acids is 1. The Bertz CT molecular complexity index is 800. The molecule has 0 spiro atoms. The second kappa shape index (κ2) is 7.31. The average molecular weight is 350 g/mol. The van der Waals surface area contributed by atoms with E-state index in [1.165, 1.54) is 18.2 Å². The summed E-state index contributed by atoms with van der Waals surface area (Å²) < 4.78 is 0. The van der Waals surface area contributed by atoms with Crippen molar-refractivity contribution in [2.75, 3.05) is 5.32 Å². The summed E-state index contributed by atoms with van der Waals surface area (Å²) in [6.07, 6.45) is 1.63. The van der Waals surface area contributed by atoms with E-state index in [-0.39, 0.29) is 11.3 Å². The molecule has 4 nitrogen and oxygen atoms in total. The molecule has 1 amide bonds. The first-order valence-electron chi connectivity index (χ1n) is 6.65. The lowest BCUT2D eigenvalue weighted by Gasteiger charge is -2.09. The molecule has 0 unspecified atom stereocenters. The molecule has 2 aromatic rings. The van der Waals surface area contributed by atoms with Crippen molar-refractivity contribution in [3.8, 4) is 0 Å². The van der Waals surface area contributed by atoms with Gasteiger partial charge in [0.2, 0.25) is 0 Å². The molecule has 0 atom stereocenters. The van der Waals surface area contributed by atoms with Gasteiger partial charge in [-0.2, -0.15) is 0 Å². The van der Waals surface area contributed by atoms with Crippen molar-refractivity contribution in [1.82, 2.24) is 0 Å². The first kappa shape index (κ1) is 17.1. The van der Waals surface area contributed by atoms with Crippen molar-refractivity contribution in [3.63, 3.8) is 0 Å². The van der Waals surface area contributed by atoms with Crippen LogP contribution in [0.4, 0.5) is 5.69 Å². The zero-order valence-electron chi connectivity index (χ0n) is 12.1. The van der Waals surface area contributed by atoms with E-state index in [4.69, 9.17) is 28.3 Å². The summed E-state index contributed by atoms with van der Waals surface area (Å²) in [5, 5.41) is 12.6. The Morgan fingerprint density at radius 1 is 1.13 bits per heavy atom. The van der Waals surface area contributed by atoms with E-state index in [9.17, 15) is 9.59 Å². The molecule has 0 aliphatic heterocycles. The van der Waals surface area contributed by atoms with Gasteiger partial charge in [-0.15, -0.1) is 0 Å². The Kier molecular flexibility index (Phi) is 5.42. The van der Waals surface area contributed by atoms with Crippen LogP contribution in [0, 0.1) is 0 Å². The zero-order chi connectivity index (χ0) is 17.0. The highest BCUT2D eigenvalue weighted by Crippen LogP contribution is 2.23. The molecule has 118 valence electrons. The lowest BCUT2D eigenvalue weighted by atomic mass is 10.1. The van der Waals surface area contributed by atoms with Gasteiger partial charge in [0.1, 0.15) is 0 Å². The number of benzene rings is 2. The standard InChI is InChI=1S/C17H13Cl2NO3/c1-10(8-11-4-2-3-5-14(11)19)16(21)20-15-9-12(18)6-7-13(15)17(22)23/h2-9H,1H3,(H,20,21)(H,22,23). The van der Waals surface area contributed by atoms with Crippen LogP contribution in [0.15, 0.2) is 48.0 Å². The number of hydrogen-bond acceptors (Lipinski definition) is 2. The first-order chi connectivity index (χ1) is 10.9. The molecular weight excluding hydrogens is 337 g/mol. The molecule has 2 rings (SSSR count). The summed E-state index contributed by atoms with van der Waals surface area (Å²) in [6.45, 7) is 1.61. The normalized spacial score (nSPS) is 11.2. The molecule has 0 saturated heterocycles. The zero-order valence-corrected chi connectivity index (χ0v) is 13.7. The van der Waals surface area contributed by atoms with Crippen LogP contribution in [0.2, 0.25) is 10.0 Å². The number of hydrogen-bond donors (Lipinski definition) is 2. The molecule has 0 fully saturated rings. The Morgan fingerprint density at radius 3 is 2.48 bits per heavy atom. The van der Waals surface area contributed by atoms with Gasteiger partial charge in [0.25, 0.3) is 5.91 Å². The number of nitrogens with one attached hydrogen (secondary N) is 1. The van der Waals surface area contributed by atoms with Crippen LogP contribution in [0.1, 0.15) is 22.8 Å². The van der Waals surface area contributed by atoms with E-state index >= 15 is 0 Å². The van der Waals surface area contributed by atoms with Crippen LogP contribution in [0.25, 0.3) is 6.08 Å². The largest absolute Gasteiger partial charge is 0.478 e. The van der Waals surface area contributed by atoms with Gasteiger partial charge < -0.3 is 10.4 Å². The van der Waals surface area contributed by atoms with Gasteiger partial charge in [0.15, 0.2) is 0 Å². The summed E-state index contributed by atoms with van der Waals surface area (Å²) >= 11 is 11.9. The molecule has 2 N–H and O–H groups in total. The quantitative estimate of drug-likeness (QED) is 0.783. The van der Waals surface area contributed by atoms with Crippen LogP contribution in [-0.2, 0) is 4.79 Å². The third-order valence-corrected chi connectivity index (χ3v) is 3.67. The van der Waals surface area contributed by atoms with Crippen molar-refractivity contribution in [1.29, 1.82) is 0 Å². The summed E-state index contributed by atoms with van der Waals surface area (Å²) in [7, 11) is 0. The van der Waals surface area contributed by atoms with E-state index in [1.54, 1.807) is 31.2 Å². The van der Waals surface area contributed by atoms with Crippen LogP contribution < -0.4 is 5.32 Å². The molecule has 0 radical (unpaired) electrons. The Morgan fingerprint density at radius 2 is 1.83 bits per heavy atom. The number of rotatable bonds is 4. The van der Waals surface area contributed by atoms with Gasteiger partial charge in [0.05, 0.1) is 11.3 Å². The number of anilines is 1. The molecule has 2 aromatic carbocycles. The molecular formula is C17H13Cl2NO3. The van der Waals surface area contributed by atoms with E-state index in [1.807, 2.05) is 6.07 Å². The van der Waals surface area contributed by atoms with Crippen molar-refractivity contribution in [2.24, 2.45) is 0 Å². The average Bonchev–Trinajstić information content (AvgIpc) is 2.49. The van der Waals surface area contributed by atoms with Crippen molar-refractivity contribution in [2.45, 2.75) is 6.92 Å². The monoisotopic (exact) mass is 349 g/mol. The molecule has 0 heterocycles. The molecule has 0 bridgehead atoms. The maximum Gasteiger partial charge on any atom is 0.337 e. The van der Waals surface area contributed by atoms with E-state index < -0.39 is 11.9 Å². The summed E-state index contributed by atoms with van der Waals surface area (Å²) in [5.41, 5.74) is 1.19. The Balaban J connectivity index is 2.27. The fourth-order valence-corrected chi connectivity index (χ4v) is 2.28. The molecule has 0 saturated carbocycles. The number of aromatic carboxylic acids is 1. The highest BCUT2D eigenvalue weighted by molar-refractivity contribution is 6.32. The third kappa shape index (κ3) is 4.34.